The monoisotopic (exact) mass is 367 g/mol. The van der Waals surface area contributed by atoms with Gasteiger partial charge in [0.25, 0.3) is 11.8 Å². The van der Waals surface area contributed by atoms with Crippen molar-refractivity contribution < 1.29 is 14.4 Å². The van der Waals surface area contributed by atoms with Gasteiger partial charge in [-0.05, 0) is 44.5 Å². The molecule has 27 heavy (non-hydrogen) atoms. The lowest BCUT2D eigenvalue weighted by Gasteiger charge is -2.18. The number of benzene rings is 2. The molecule has 0 aliphatic rings. The highest BCUT2D eigenvalue weighted by molar-refractivity contribution is 6.09. The number of rotatable bonds is 7. The lowest BCUT2D eigenvalue weighted by atomic mass is 10.1. The lowest BCUT2D eigenvalue weighted by molar-refractivity contribution is -0.123. The minimum atomic E-state index is -0.690. The van der Waals surface area contributed by atoms with E-state index in [1.165, 1.54) is 0 Å². The van der Waals surface area contributed by atoms with Gasteiger partial charge in [-0.25, -0.2) is 0 Å². The smallest absolute Gasteiger partial charge is 0.255 e. The maximum absolute atomic E-state index is 12.6. The van der Waals surface area contributed by atoms with Crippen LogP contribution in [0.15, 0.2) is 54.6 Å². The molecule has 6 heteroatoms. The molecule has 0 radical (unpaired) electrons. The van der Waals surface area contributed by atoms with Crippen LogP contribution in [-0.2, 0) is 4.79 Å². The summed E-state index contributed by atoms with van der Waals surface area (Å²) in [5.41, 5.74) is 1.18. The van der Waals surface area contributed by atoms with Crippen LogP contribution in [0.25, 0.3) is 0 Å². The Hall–Kier alpha value is -3.15. The van der Waals surface area contributed by atoms with E-state index in [-0.39, 0.29) is 17.9 Å². The molecule has 0 bridgehead atoms. The third-order valence-corrected chi connectivity index (χ3v) is 4.20. The zero-order valence-corrected chi connectivity index (χ0v) is 15.8. The fraction of sp³-hybridized carbons (Fsp3) is 0.286. The van der Waals surface area contributed by atoms with Crippen LogP contribution in [0.5, 0.6) is 0 Å². The van der Waals surface area contributed by atoms with Gasteiger partial charge in [0, 0.05) is 11.6 Å². The molecular weight excluding hydrogens is 342 g/mol. The average Bonchev–Trinajstić information content (AvgIpc) is 2.68. The van der Waals surface area contributed by atoms with Crippen molar-refractivity contribution in [3.63, 3.8) is 0 Å². The molecule has 2 atom stereocenters. The Kier molecular flexibility index (Phi) is 7.11. The number of carbonyl (C=O) groups excluding carboxylic acids is 3. The van der Waals surface area contributed by atoms with E-state index in [1.54, 1.807) is 55.5 Å². The number of hydrogen-bond acceptors (Lipinski definition) is 3. The topological polar surface area (TPSA) is 87.3 Å². The van der Waals surface area contributed by atoms with Crippen molar-refractivity contribution in [3.8, 4) is 0 Å². The molecule has 0 saturated carbocycles. The van der Waals surface area contributed by atoms with E-state index in [0.29, 0.717) is 16.8 Å². The van der Waals surface area contributed by atoms with Gasteiger partial charge < -0.3 is 16.0 Å². The van der Waals surface area contributed by atoms with Crippen molar-refractivity contribution in [2.45, 2.75) is 39.3 Å². The third-order valence-electron chi connectivity index (χ3n) is 4.20. The van der Waals surface area contributed by atoms with Crippen molar-refractivity contribution in [3.05, 3.63) is 65.7 Å². The van der Waals surface area contributed by atoms with Gasteiger partial charge in [-0.2, -0.15) is 0 Å². The maximum atomic E-state index is 12.6. The molecule has 2 aromatic rings. The Morgan fingerprint density at radius 2 is 1.48 bits per heavy atom. The summed E-state index contributed by atoms with van der Waals surface area (Å²) < 4.78 is 0. The summed E-state index contributed by atoms with van der Waals surface area (Å²) in [6.45, 7) is 5.50. The molecule has 2 aromatic carbocycles. The van der Waals surface area contributed by atoms with E-state index in [4.69, 9.17) is 0 Å². The van der Waals surface area contributed by atoms with E-state index in [9.17, 15) is 14.4 Å². The van der Waals surface area contributed by atoms with E-state index < -0.39 is 11.9 Å². The van der Waals surface area contributed by atoms with Crippen LogP contribution < -0.4 is 16.0 Å². The molecule has 2 unspecified atom stereocenters. The van der Waals surface area contributed by atoms with Crippen molar-refractivity contribution in [1.29, 1.82) is 0 Å². The number of para-hydroxylation sites is 1. The molecule has 142 valence electrons. The van der Waals surface area contributed by atoms with E-state index >= 15 is 0 Å². The highest BCUT2D eigenvalue weighted by Gasteiger charge is 2.20. The summed E-state index contributed by atoms with van der Waals surface area (Å²) in [7, 11) is 0. The van der Waals surface area contributed by atoms with Gasteiger partial charge in [0.05, 0.1) is 11.3 Å². The molecule has 0 spiro atoms. The number of nitrogens with one attached hydrogen (secondary N) is 3. The standard InChI is InChI=1S/C21H25N3O3/c1-4-14(2)22-19(25)15(3)23-21(27)17-12-8-9-13-18(17)24-20(26)16-10-6-5-7-11-16/h5-15H,4H2,1-3H3,(H,22,25)(H,23,27)(H,24,26). The molecule has 0 saturated heterocycles. The van der Waals surface area contributed by atoms with Crippen molar-refractivity contribution in [1.82, 2.24) is 10.6 Å². The van der Waals surface area contributed by atoms with E-state index in [1.807, 2.05) is 19.9 Å². The van der Waals surface area contributed by atoms with Crippen molar-refractivity contribution in [2.24, 2.45) is 0 Å². The Morgan fingerprint density at radius 3 is 2.15 bits per heavy atom. The van der Waals surface area contributed by atoms with Crippen molar-refractivity contribution >= 4 is 23.4 Å². The second-order valence-corrected chi connectivity index (χ2v) is 6.38. The van der Waals surface area contributed by atoms with Gasteiger partial charge in [-0.15, -0.1) is 0 Å². The molecule has 0 fully saturated rings. The quantitative estimate of drug-likeness (QED) is 0.703. The molecular formula is C21H25N3O3. The predicted octanol–water partition coefficient (Wildman–Crippen LogP) is 2.97. The molecule has 0 heterocycles. The van der Waals surface area contributed by atoms with E-state index in [2.05, 4.69) is 16.0 Å². The summed E-state index contributed by atoms with van der Waals surface area (Å²) >= 11 is 0. The highest BCUT2D eigenvalue weighted by atomic mass is 16.2. The second-order valence-electron chi connectivity index (χ2n) is 6.38. The Bertz CT molecular complexity index is 805. The van der Waals surface area contributed by atoms with Crippen LogP contribution in [0, 0.1) is 0 Å². The zero-order chi connectivity index (χ0) is 19.8. The summed E-state index contributed by atoms with van der Waals surface area (Å²) in [6, 6.07) is 14.8. The normalized spacial score (nSPS) is 12.6. The predicted molar refractivity (Wildman–Crippen MR) is 106 cm³/mol. The molecule has 0 aliphatic carbocycles. The van der Waals surface area contributed by atoms with Gasteiger partial charge in [0.1, 0.15) is 6.04 Å². The lowest BCUT2D eigenvalue weighted by Crippen LogP contribution is -2.47. The van der Waals surface area contributed by atoms with Gasteiger partial charge in [-0.1, -0.05) is 37.3 Å². The zero-order valence-electron chi connectivity index (χ0n) is 15.8. The summed E-state index contributed by atoms with van der Waals surface area (Å²) in [4.78, 5) is 37.1. The largest absolute Gasteiger partial charge is 0.352 e. The SMILES string of the molecule is CCC(C)NC(=O)C(C)NC(=O)c1ccccc1NC(=O)c1ccccc1. The first-order valence-corrected chi connectivity index (χ1v) is 8.99. The third kappa shape index (κ3) is 5.67. The second kappa shape index (κ2) is 9.52. The fourth-order valence-corrected chi connectivity index (χ4v) is 2.38. The molecule has 6 nitrogen and oxygen atoms in total. The molecule has 0 aliphatic heterocycles. The van der Waals surface area contributed by atoms with Crippen LogP contribution in [0.3, 0.4) is 0 Å². The van der Waals surface area contributed by atoms with E-state index in [0.717, 1.165) is 6.42 Å². The number of carbonyl (C=O) groups is 3. The number of hydrogen-bond donors (Lipinski definition) is 3. The Balaban J connectivity index is 2.09. The first-order valence-electron chi connectivity index (χ1n) is 8.99. The van der Waals surface area contributed by atoms with Gasteiger partial charge >= 0.3 is 0 Å². The Labute approximate surface area is 159 Å². The summed E-state index contributed by atoms with van der Waals surface area (Å²) in [5, 5.41) is 8.26. The highest BCUT2D eigenvalue weighted by Crippen LogP contribution is 2.16. The summed E-state index contributed by atoms with van der Waals surface area (Å²) in [5.74, 6) is -0.979. The molecule has 0 aromatic heterocycles. The minimum absolute atomic E-state index is 0.0364. The van der Waals surface area contributed by atoms with Gasteiger partial charge in [-0.3, -0.25) is 14.4 Å². The first-order chi connectivity index (χ1) is 12.9. The molecule has 3 amide bonds. The number of amides is 3. The molecule has 2 rings (SSSR count). The first kappa shape index (κ1) is 20.2. The van der Waals surface area contributed by atoms with Crippen LogP contribution in [0.1, 0.15) is 47.9 Å². The fourth-order valence-electron chi connectivity index (χ4n) is 2.38. The Morgan fingerprint density at radius 1 is 0.852 bits per heavy atom. The number of anilines is 1. The average molecular weight is 367 g/mol. The maximum Gasteiger partial charge on any atom is 0.255 e. The van der Waals surface area contributed by atoms with Gasteiger partial charge in [0.2, 0.25) is 5.91 Å². The van der Waals surface area contributed by atoms with Crippen LogP contribution >= 0.6 is 0 Å². The summed E-state index contributed by atoms with van der Waals surface area (Å²) in [6.07, 6.45) is 0.806. The molecule has 3 N–H and O–H groups in total. The van der Waals surface area contributed by atoms with Crippen molar-refractivity contribution in [2.75, 3.05) is 5.32 Å². The van der Waals surface area contributed by atoms with Crippen LogP contribution in [-0.4, -0.2) is 29.8 Å². The van der Waals surface area contributed by atoms with Crippen LogP contribution in [0.2, 0.25) is 0 Å². The van der Waals surface area contributed by atoms with Crippen LogP contribution in [0.4, 0.5) is 5.69 Å². The minimum Gasteiger partial charge on any atom is -0.352 e. The van der Waals surface area contributed by atoms with Gasteiger partial charge in [0.15, 0.2) is 0 Å².